The summed E-state index contributed by atoms with van der Waals surface area (Å²) >= 11 is 5.86. The summed E-state index contributed by atoms with van der Waals surface area (Å²) < 4.78 is 10.4. The van der Waals surface area contributed by atoms with E-state index in [-0.39, 0.29) is 5.91 Å². The fraction of sp³-hybridized carbons (Fsp3) is 0.0455. The first-order valence-corrected chi connectivity index (χ1v) is 8.98. The van der Waals surface area contributed by atoms with Gasteiger partial charge in [-0.25, -0.2) is 10.2 Å². The summed E-state index contributed by atoms with van der Waals surface area (Å²) in [5, 5.41) is 4.39. The van der Waals surface area contributed by atoms with Crippen LogP contribution in [0.5, 0.6) is 11.5 Å². The highest BCUT2D eigenvalue weighted by atomic mass is 35.5. The highest BCUT2D eigenvalue weighted by Gasteiger charge is 2.08. The summed E-state index contributed by atoms with van der Waals surface area (Å²) in [5.74, 6) is 0.218. The number of ether oxygens (including phenoxy) is 2. The maximum atomic E-state index is 12.2. The molecule has 6 nitrogen and oxygen atoms in total. The Bertz CT molecular complexity index is 1030. The van der Waals surface area contributed by atoms with Crippen molar-refractivity contribution in [1.82, 2.24) is 5.43 Å². The van der Waals surface area contributed by atoms with E-state index in [1.807, 2.05) is 0 Å². The number of hydrogen-bond donors (Lipinski definition) is 1. The van der Waals surface area contributed by atoms with Gasteiger partial charge in [-0.1, -0.05) is 17.7 Å². The van der Waals surface area contributed by atoms with Crippen LogP contribution < -0.4 is 14.9 Å². The molecule has 0 aliphatic carbocycles. The number of methoxy groups -OCH3 is 1. The lowest BCUT2D eigenvalue weighted by molar-refractivity contribution is 0.0734. The van der Waals surface area contributed by atoms with Crippen molar-refractivity contribution in [2.75, 3.05) is 7.11 Å². The van der Waals surface area contributed by atoms with E-state index in [9.17, 15) is 9.59 Å². The van der Waals surface area contributed by atoms with Crippen molar-refractivity contribution in [2.24, 2.45) is 5.10 Å². The van der Waals surface area contributed by atoms with Crippen LogP contribution in [0.1, 0.15) is 26.3 Å². The Labute approximate surface area is 172 Å². The minimum Gasteiger partial charge on any atom is -0.497 e. The van der Waals surface area contributed by atoms with Gasteiger partial charge in [-0.2, -0.15) is 5.10 Å². The zero-order valence-electron chi connectivity index (χ0n) is 15.5. The molecule has 0 heterocycles. The van der Waals surface area contributed by atoms with E-state index in [1.165, 1.54) is 6.21 Å². The third kappa shape index (κ3) is 5.67. The van der Waals surface area contributed by atoms with Gasteiger partial charge in [0, 0.05) is 10.6 Å². The summed E-state index contributed by atoms with van der Waals surface area (Å²) in [5.41, 5.74) is 3.98. The number of carbonyl (C=O) groups excluding carboxylic acids is 2. The van der Waals surface area contributed by atoms with Gasteiger partial charge in [0.05, 0.1) is 18.9 Å². The Kier molecular flexibility index (Phi) is 6.60. The number of halogens is 1. The molecule has 0 aliphatic heterocycles. The van der Waals surface area contributed by atoms with E-state index in [4.69, 9.17) is 21.1 Å². The lowest BCUT2D eigenvalue weighted by Crippen LogP contribution is -2.17. The van der Waals surface area contributed by atoms with E-state index < -0.39 is 5.97 Å². The summed E-state index contributed by atoms with van der Waals surface area (Å²) in [7, 11) is 1.56. The van der Waals surface area contributed by atoms with Gasteiger partial charge < -0.3 is 9.47 Å². The lowest BCUT2D eigenvalue weighted by atomic mass is 10.2. The fourth-order valence-corrected chi connectivity index (χ4v) is 2.56. The first-order chi connectivity index (χ1) is 14.0. The average molecular weight is 409 g/mol. The topological polar surface area (TPSA) is 77.0 Å². The van der Waals surface area contributed by atoms with E-state index >= 15 is 0 Å². The van der Waals surface area contributed by atoms with Gasteiger partial charge in [-0.3, -0.25) is 4.79 Å². The van der Waals surface area contributed by atoms with Crippen molar-refractivity contribution in [1.29, 1.82) is 0 Å². The quantitative estimate of drug-likeness (QED) is 0.285. The Morgan fingerprint density at radius 1 is 0.931 bits per heavy atom. The summed E-state index contributed by atoms with van der Waals surface area (Å²) in [6.07, 6.45) is 1.48. The SMILES string of the molecule is COc1ccc(C(=O)Oc2ccc(C=NNC(=O)c3cccc(Cl)c3)cc2)cc1. The molecule has 0 atom stereocenters. The van der Waals surface area contributed by atoms with Crippen LogP contribution in [-0.4, -0.2) is 25.2 Å². The molecule has 7 heteroatoms. The van der Waals surface area contributed by atoms with Crippen molar-refractivity contribution in [2.45, 2.75) is 0 Å². The monoisotopic (exact) mass is 408 g/mol. The molecule has 3 aromatic rings. The number of benzene rings is 3. The normalized spacial score (nSPS) is 10.6. The van der Waals surface area contributed by atoms with Gasteiger partial charge in [0.25, 0.3) is 5.91 Å². The summed E-state index contributed by atoms with van der Waals surface area (Å²) in [4.78, 5) is 24.1. The maximum Gasteiger partial charge on any atom is 0.343 e. The number of carbonyl (C=O) groups is 2. The second-order valence-corrected chi connectivity index (χ2v) is 6.33. The molecule has 0 radical (unpaired) electrons. The first-order valence-electron chi connectivity index (χ1n) is 8.60. The molecule has 1 amide bonds. The third-order valence-corrected chi connectivity index (χ3v) is 4.12. The first kappa shape index (κ1) is 20.1. The van der Waals surface area contributed by atoms with Crippen molar-refractivity contribution in [3.63, 3.8) is 0 Å². The van der Waals surface area contributed by atoms with Crippen molar-refractivity contribution in [3.8, 4) is 11.5 Å². The molecule has 146 valence electrons. The van der Waals surface area contributed by atoms with Crippen LogP contribution in [0.3, 0.4) is 0 Å². The van der Waals surface area contributed by atoms with Crippen LogP contribution in [0.25, 0.3) is 0 Å². The Balaban J connectivity index is 1.56. The number of rotatable bonds is 6. The molecule has 3 aromatic carbocycles. The van der Waals surface area contributed by atoms with Gasteiger partial charge in [0.15, 0.2) is 0 Å². The van der Waals surface area contributed by atoms with Gasteiger partial charge in [0.1, 0.15) is 11.5 Å². The molecule has 0 fully saturated rings. The highest BCUT2D eigenvalue weighted by molar-refractivity contribution is 6.30. The molecule has 3 rings (SSSR count). The Morgan fingerprint density at radius 2 is 1.62 bits per heavy atom. The molecular weight excluding hydrogens is 392 g/mol. The highest BCUT2D eigenvalue weighted by Crippen LogP contribution is 2.16. The second kappa shape index (κ2) is 9.52. The lowest BCUT2D eigenvalue weighted by Gasteiger charge is -2.05. The predicted octanol–water partition coefficient (Wildman–Crippen LogP) is 4.33. The van der Waals surface area contributed by atoms with Crippen molar-refractivity contribution in [3.05, 3.63) is 94.5 Å². The van der Waals surface area contributed by atoms with Crippen LogP contribution >= 0.6 is 11.6 Å². The van der Waals surface area contributed by atoms with Crippen molar-refractivity contribution >= 4 is 29.7 Å². The molecular formula is C22H17ClN2O4. The van der Waals surface area contributed by atoms with Crippen molar-refractivity contribution < 1.29 is 19.1 Å². The minimum absolute atomic E-state index is 0.367. The van der Waals surface area contributed by atoms with Gasteiger partial charge in [-0.15, -0.1) is 0 Å². The van der Waals surface area contributed by atoms with Gasteiger partial charge in [-0.05, 0) is 72.3 Å². The zero-order valence-corrected chi connectivity index (χ0v) is 16.2. The van der Waals surface area contributed by atoms with Crippen LogP contribution in [-0.2, 0) is 0 Å². The van der Waals surface area contributed by atoms with E-state index in [0.717, 1.165) is 5.56 Å². The molecule has 0 spiro atoms. The molecule has 0 saturated heterocycles. The number of hydrazone groups is 1. The standard InChI is InChI=1S/C22H17ClN2O4/c1-28-19-11-7-16(8-12-19)22(27)29-20-9-5-15(6-10-20)14-24-25-21(26)17-3-2-4-18(23)13-17/h2-14H,1H3,(H,25,26). The maximum absolute atomic E-state index is 12.2. The van der Waals surface area contributed by atoms with Crippen LogP contribution in [0.2, 0.25) is 5.02 Å². The smallest absolute Gasteiger partial charge is 0.343 e. The molecule has 0 unspecified atom stereocenters. The molecule has 0 saturated carbocycles. The Hall–Kier alpha value is -3.64. The van der Waals surface area contributed by atoms with E-state index in [0.29, 0.717) is 27.6 Å². The predicted molar refractivity (Wildman–Crippen MR) is 111 cm³/mol. The zero-order chi connectivity index (χ0) is 20.6. The van der Waals surface area contributed by atoms with Gasteiger partial charge >= 0.3 is 5.97 Å². The van der Waals surface area contributed by atoms with E-state index in [1.54, 1.807) is 79.9 Å². The molecule has 0 aromatic heterocycles. The molecule has 29 heavy (non-hydrogen) atoms. The summed E-state index contributed by atoms with van der Waals surface area (Å²) in [6, 6.07) is 19.9. The van der Waals surface area contributed by atoms with Gasteiger partial charge in [0.2, 0.25) is 0 Å². The van der Waals surface area contributed by atoms with Crippen LogP contribution in [0.4, 0.5) is 0 Å². The minimum atomic E-state index is -0.470. The summed E-state index contributed by atoms with van der Waals surface area (Å²) in [6.45, 7) is 0. The fourth-order valence-electron chi connectivity index (χ4n) is 2.37. The number of nitrogens with zero attached hydrogens (tertiary/aromatic N) is 1. The van der Waals surface area contributed by atoms with E-state index in [2.05, 4.69) is 10.5 Å². The molecule has 0 aliphatic rings. The van der Waals surface area contributed by atoms with Crippen LogP contribution in [0.15, 0.2) is 77.9 Å². The number of nitrogens with one attached hydrogen (secondary N) is 1. The molecule has 0 bridgehead atoms. The Morgan fingerprint density at radius 3 is 2.28 bits per heavy atom. The molecule has 1 N–H and O–H groups in total. The number of amides is 1. The largest absolute Gasteiger partial charge is 0.497 e. The number of esters is 1. The third-order valence-electron chi connectivity index (χ3n) is 3.88. The van der Waals surface area contributed by atoms with Crippen LogP contribution in [0, 0.1) is 0 Å². The second-order valence-electron chi connectivity index (χ2n) is 5.90. The average Bonchev–Trinajstić information content (AvgIpc) is 2.75. The number of hydrogen-bond acceptors (Lipinski definition) is 5.